The molecule has 2 aliphatic carbocycles. The van der Waals surface area contributed by atoms with Crippen LogP contribution in [0.2, 0.25) is 0 Å². The maximum Gasteiger partial charge on any atom is 0.326 e. The zero-order valence-corrected chi connectivity index (χ0v) is 9.06. The maximum absolute atomic E-state index is 11.8. The van der Waals surface area contributed by atoms with Gasteiger partial charge < -0.3 is 15.5 Å². The number of rotatable bonds is 5. The molecule has 1 amide bonds. The van der Waals surface area contributed by atoms with Crippen molar-refractivity contribution in [1.29, 1.82) is 0 Å². The summed E-state index contributed by atoms with van der Waals surface area (Å²) in [6.45, 7) is -0.227. The van der Waals surface area contributed by atoms with Gasteiger partial charge in [0.25, 0.3) is 0 Å². The lowest BCUT2D eigenvalue weighted by molar-refractivity contribution is -0.142. The second-order valence-electron chi connectivity index (χ2n) is 4.70. The molecule has 2 rings (SSSR count). The van der Waals surface area contributed by atoms with Crippen LogP contribution in [-0.4, -0.2) is 34.7 Å². The molecule has 0 bridgehead atoms. The van der Waals surface area contributed by atoms with E-state index >= 15 is 0 Å². The number of aliphatic hydroxyl groups is 1. The molecule has 0 aromatic carbocycles. The lowest BCUT2D eigenvalue weighted by Crippen LogP contribution is -2.42. The van der Waals surface area contributed by atoms with Crippen LogP contribution in [0.15, 0.2) is 0 Å². The molecule has 0 saturated heterocycles. The third-order valence-corrected chi connectivity index (χ3v) is 3.74. The summed E-state index contributed by atoms with van der Waals surface area (Å²) >= 11 is 0. The van der Waals surface area contributed by atoms with Crippen LogP contribution in [0.1, 0.15) is 25.7 Å². The molecule has 0 heterocycles. The summed E-state index contributed by atoms with van der Waals surface area (Å²) in [4.78, 5) is 22.5. The van der Waals surface area contributed by atoms with Crippen molar-refractivity contribution >= 4 is 11.9 Å². The molecule has 2 fully saturated rings. The predicted octanol–water partition coefficient (Wildman–Crippen LogP) is -0.0157. The van der Waals surface area contributed by atoms with Gasteiger partial charge >= 0.3 is 5.97 Å². The minimum Gasteiger partial charge on any atom is -0.480 e. The van der Waals surface area contributed by atoms with E-state index in [1.807, 2.05) is 0 Å². The van der Waals surface area contributed by atoms with Gasteiger partial charge in [0.15, 0.2) is 0 Å². The summed E-state index contributed by atoms with van der Waals surface area (Å²) in [6.07, 6.45) is 3.46. The fraction of sp³-hybridized carbons (Fsp3) is 0.818. The number of carbonyl (C=O) groups excluding carboxylic acids is 1. The Morgan fingerprint density at radius 1 is 1.31 bits per heavy atom. The number of fused-ring (bicyclic) bond motifs is 1. The van der Waals surface area contributed by atoms with Crippen molar-refractivity contribution in [2.75, 3.05) is 6.61 Å². The van der Waals surface area contributed by atoms with Crippen molar-refractivity contribution in [1.82, 2.24) is 5.32 Å². The van der Waals surface area contributed by atoms with Crippen LogP contribution >= 0.6 is 0 Å². The SMILES string of the molecule is O=C(N[C@@H](CCO)C(=O)O)C1C2CCCC21. The third-order valence-electron chi connectivity index (χ3n) is 3.74. The maximum atomic E-state index is 11.8. The first-order valence-electron chi connectivity index (χ1n) is 5.79. The van der Waals surface area contributed by atoms with Crippen LogP contribution in [0.5, 0.6) is 0 Å². The van der Waals surface area contributed by atoms with Crippen LogP contribution in [-0.2, 0) is 9.59 Å². The molecule has 16 heavy (non-hydrogen) atoms. The first-order chi connectivity index (χ1) is 7.65. The molecule has 0 spiro atoms. The van der Waals surface area contributed by atoms with E-state index in [0.29, 0.717) is 11.8 Å². The minimum atomic E-state index is -1.08. The lowest BCUT2D eigenvalue weighted by atomic mass is 10.1. The van der Waals surface area contributed by atoms with Gasteiger partial charge in [0, 0.05) is 18.9 Å². The molecule has 0 aromatic heterocycles. The van der Waals surface area contributed by atoms with E-state index < -0.39 is 12.0 Å². The second kappa shape index (κ2) is 4.41. The number of aliphatic hydroxyl groups excluding tert-OH is 1. The summed E-state index contributed by atoms with van der Waals surface area (Å²) < 4.78 is 0. The number of carboxylic acid groups (broad SMARTS) is 1. The Morgan fingerprint density at radius 2 is 1.94 bits per heavy atom. The van der Waals surface area contributed by atoms with Gasteiger partial charge in [0.2, 0.25) is 5.91 Å². The van der Waals surface area contributed by atoms with Crippen molar-refractivity contribution in [3.05, 3.63) is 0 Å². The van der Waals surface area contributed by atoms with Gasteiger partial charge in [-0.05, 0) is 24.7 Å². The summed E-state index contributed by atoms with van der Waals surface area (Å²) in [6, 6.07) is -0.946. The average molecular weight is 227 g/mol. The topological polar surface area (TPSA) is 86.6 Å². The van der Waals surface area contributed by atoms with Crippen molar-refractivity contribution in [2.45, 2.75) is 31.7 Å². The van der Waals surface area contributed by atoms with Gasteiger partial charge in [0.05, 0.1) is 0 Å². The van der Waals surface area contributed by atoms with Crippen molar-refractivity contribution < 1.29 is 19.8 Å². The van der Waals surface area contributed by atoms with Crippen LogP contribution in [0, 0.1) is 17.8 Å². The van der Waals surface area contributed by atoms with Gasteiger partial charge in [-0.25, -0.2) is 4.79 Å². The van der Waals surface area contributed by atoms with E-state index in [9.17, 15) is 9.59 Å². The predicted molar refractivity (Wildman–Crippen MR) is 55.6 cm³/mol. The molecule has 0 aliphatic heterocycles. The second-order valence-corrected chi connectivity index (χ2v) is 4.70. The number of carboxylic acids is 1. The van der Waals surface area contributed by atoms with E-state index in [4.69, 9.17) is 10.2 Å². The smallest absolute Gasteiger partial charge is 0.326 e. The molecule has 0 radical (unpaired) electrons. The van der Waals surface area contributed by atoms with Crippen LogP contribution in [0.4, 0.5) is 0 Å². The van der Waals surface area contributed by atoms with Gasteiger partial charge in [-0.15, -0.1) is 0 Å². The fourth-order valence-corrected chi connectivity index (χ4v) is 2.86. The van der Waals surface area contributed by atoms with Gasteiger partial charge in [-0.3, -0.25) is 4.79 Å². The van der Waals surface area contributed by atoms with Crippen molar-refractivity contribution in [3.63, 3.8) is 0 Å². The Balaban J connectivity index is 1.84. The highest BCUT2D eigenvalue weighted by Crippen LogP contribution is 2.57. The molecule has 2 unspecified atom stereocenters. The summed E-state index contributed by atoms with van der Waals surface area (Å²) in [5.74, 6) is -0.204. The minimum absolute atomic E-state index is 0.0364. The Morgan fingerprint density at radius 3 is 2.44 bits per heavy atom. The number of aliphatic carboxylic acids is 1. The Hall–Kier alpha value is -1.10. The molecule has 5 nitrogen and oxygen atoms in total. The Labute approximate surface area is 93.8 Å². The molecular formula is C11H17NO4. The van der Waals surface area contributed by atoms with E-state index in [0.717, 1.165) is 12.8 Å². The summed E-state index contributed by atoms with van der Waals surface area (Å²) in [7, 11) is 0. The molecule has 90 valence electrons. The molecule has 3 atom stereocenters. The van der Waals surface area contributed by atoms with Gasteiger partial charge in [-0.2, -0.15) is 0 Å². The zero-order valence-electron chi connectivity index (χ0n) is 9.06. The highest BCUT2D eigenvalue weighted by atomic mass is 16.4. The standard InChI is InChI=1S/C11H17NO4/c13-5-4-8(11(15)16)12-10(14)9-6-2-1-3-7(6)9/h6-9,13H,1-5H2,(H,12,14)(H,15,16)/t6?,7?,8-,9?/m0/s1. The quantitative estimate of drug-likeness (QED) is 0.616. The fourth-order valence-electron chi connectivity index (χ4n) is 2.86. The summed E-state index contributed by atoms with van der Waals surface area (Å²) in [5.41, 5.74) is 0. The van der Waals surface area contributed by atoms with Gasteiger partial charge in [-0.1, -0.05) is 6.42 Å². The molecular weight excluding hydrogens is 210 g/mol. The highest BCUT2D eigenvalue weighted by molar-refractivity contribution is 5.87. The number of amides is 1. The first-order valence-corrected chi connectivity index (χ1v) is 5.79. The van der Waals surface area contributed by atoms with E-state index in [1.165, 1.54) is 6.42 Å². The van der Waals surface area contributed by atoms with E-state index in [-0.39, 0.29) is 24.9 Å². The monoisotopic (exact) mass is 227 g/mol. The normalized spacial score (nSPS) is 32.9. The van der Waals surface area contributed by atoms with E-state index in [1.54, 1.807) is 0 Å². The van der Waals surface area contributed by atoms with Crippen LogP contribution < -0.4 is 5.32 Å². The van der Waals surface area contributed by atoms with Crippen LogP contribution in [0.3, 0.4) is 0 Å². The largest absolute Gasteiger partial charge is 0.480 e. The first kappa shape index (κ1) is 11.4. The van der Waals surface area contributed by atoms with Crippen molar-refractivity contribution in [3.8, 4) is 0 Å². The number of carbonyl (C=O) groups is 2. The molecule has 2 saturated carbocycles. The molecule has 0 aromatic rings. The Bertz CT molecular complexity index is 294. The number of nitrogens with one attached hydrogen (secondary N) is 1. The number of hydrogen-bond acceptors (Lipinski definition) is 3. The lowest BCUT2D eigenvalue weighted by Gasteiger charge is -2.13. The zero-order chi connectivity index (χ0) is 11.7. The molecule has 3 N–H and O–H groups in total. The number of hydrogen-bond donors (Lipinski definition) is 3. The highest BCUT2D eigenvalue weighted by Gasteiger charge is 2.56. The molecule has 5 heteroatoms. The van der Waals surface area contributed by atoms with Gasteiger partial charge in [0.1, 0.15) is 6.04 Å². The average Bonchev–Trinajstić information content (AvgIpc) is 2.72. The van der Waals surface area contributed by atoms with Crippen molar-refractivity contribution in [2.24, 2.45) is 17.8 Å². The van der Waals surface area contributed by atoms with E-state index in [2.05, 4.69) is 5.32 Å². The van der Waals surface area contributed by atoms with Crippen LogP contribution in [0.25, 0.3) is 0 Å². The Kier molecular flexibility index (Phi) is 3.14. The molecule has 2 aliphatic rings. The third kappa shape index (κ3) is 2.04. The summed E-state index contributed by atoms with van der Waals surface area (Å²) in [5, 5.41) is 20.0.